The number of anilines is 2. The summed E-state index contributed by atoms with van der Waals surface area (Å²) < 4.78 is 13.9. The van der Waals surface area contributed by atoms with Gasteiger partial charge in [0, 0.05) is 17.5 Å². The number of nitrogens with one attached hydrogen (secondary N) is 2. The molecule has 0 bridgehead atoms. The molecule has 0 aliphatic heterocycles. The highest BCUT2D eigenvalue weighted by Gasteiger charge is 2.13. The average molecular weight is 374 g/mol. The molecule has 0 atom stereocenters. The quantitative estimate of drug-likeness (QED) is 0.738. The van der Waals surface area contributed by atoms with Crippen LogP contribution in [0.25, 0.3) is 0 Å². The van der Waals surface area contributed by atoms with Gasteiger partial charge >= 0.3 is 0 Å². The molecular formula is C20H23FN2O2S. The Hall–Kier alpha value is -2.34. The second-order valence-corrected chi connectivity index (χ2v) is 8.04. The molecule has 0 saturated carbocycles. The zero-order chi connectivity index (χ0) is 19.3. The van der Waals surface area contributed by atoms with Crippen LogP contribution in [-0.4, -0.2) is 17.6 Å². The lowest BCUT2D eigenvalue weighted by Gasteiger charge is -2.19. The van der Waals surface area contributed by atoms with E-state index >= 15 is 0 Å². The summed E-state index contributed by atoms with van der Waals surface area (Å²) in [6.07, 6.45) is 0. The van der Waals surface area contributed by atoms with Gasteiger partial charge in [-0.25, -0.2) is 4.39 Å². The summed E-state index contributed by atoms with van der Waals surface area (Å²) in [6, 6.07) is 12.1. The van der Waals surface area contributed by atoms with Crippen LogP contribution in [0.2, 0.25) is 0 Å². The summed E-state index contributed by atoms with van der Waals surface area (Å²) in [4.78, 5) is 24.2. The standard InChI is InChI=1S/C20H23FN2O2S/c1-13(24)22-15-7-10-17(21)18(11-15)23-19(25)12-26-16-8-5-14(6-9-16)20(2,3)4/h5-11H,12H2,1-4H3,(H,22,24)(H,23,25). The van der Waals surface area contributed by atoms with E-state index in [9.17, 15) is 14.0 Å². The topological polar surface area (TPSA) is 58.2 Å². The van der Waals surface area contributed by atoms with Gasteiger partial charge < -0.3 is 10.6 Å². The second-order valence-electron chi connectivity index (χ2n) is 6.99. The Kier molecular flexibility index (Phi) is 6.42. The molecule has 138 valence electrons. The molecule has 0 aromatic heterocycles. The van der Waals surface area contributed by atoms with Crippen molar-refractivity contribution in [2.45, 2.75) is 38.0 Å². The maximum atomic E-state index is 13.9. The lowest BCUT2D eigenvalue weighted by molar-refractivity contribution is -0.114. The molecule has 4 nitrogen and oxygen atoms in total. The third-order valence-electron chi connectivity index (χ3n) is 3.65. The molecule has 0 aliphatic carbocycles. The van der Waals surface area contributed by atoms with Crippen LogP contribution in [0.1, 0.15) is 33.3 Å². The number of hydrogen-bond donors (Lipinski definition) is 2. The molecule has 0 heterocycles. The van der Waals surface area contributed by atoms with Crippen LogP contribution >= 0.6 is 11.8 Å². The summed E-state index contributed by atoms with van der Waals surface area (Å²) in [7, 11) is 0. The highest BCUT2D eigenvalue weighted by atomic mass is 32.2. The van der Waals surface area contributed by atoms with Crippen LogP contribution in [0.15, 0.2) is 47.4 Å². The van der Waals surface area contributed by atoms with E-state index in [2.05, 4.69) is 43.5 Å². The van der Waals surface area contributed by atoms with E-state index < -0.39 is 5.82 Å². The van der Waals surface area contributed by atoms with E-state index in [0.717, 1.165) is 4.90 Å². The summed E-state index contributed by atoms with van der Waals surface area (Å²) in [6.45, 7) is 7.80. The number of carbonyl (C=O) groups excluding carboxylic acids is 2. The van der Waals surface area contributed by atoms with Crippen LogP contribution in [0.3, 0.4) is 0 Å². The zero-order valence-electron chi connectivity index (χ0n) is 15.4. The normalized spacial score (nSPS) is 11.1. The Balaban J connectivity index is 1.95. The van der Waals surface area contributed by atoms with Crippen LogP contribution < -0.4 is 10.6 Å². The van der Waals surface area contributed by atoms with E-state index in [1.165, 1.54) is 42.4 Å². The smallest absolute Gasteiger partial charge is 0.234 e. The third-order valence-corrected chi connectivity index (χ3v) is 4.66. The van der Waals surface area contributed by atoms with Gasteiger partial charge in [-0.2, -0.15) is 0 Å². The molecule has 0 radical (unpaired) electrons. The third kappa shape index (κ3) is 5.88. The molecule has 2 N–H and O–H groups in total. The molecular weight excluding hydrogens is 351 g/mol. The number of rotatable bonds is 5. The predicted octanol–water partition coefficient (Wildman–Crippen LogP) is 4.81. The van der Waals surface area contributed by atoms with Crippen molar-refractivity contribution in [2.75, 3.05) is 16.4 Å². The molecule has 2 rings (SSSR count). The van der Waals surface area contributed by atoms with Crippen molar-refractivity contribution in [1.82, 2.24) is 0 Å². The van der Waals surface area contributed by atoms with E-state index in [-0.39, 0.29) is 28.7 Å². The first-order chi connectivity index (χ1) is 12.1. The second kappa shape index (κ2) is 8.36. The Morgan fingerprint density at radius 1 is 1.04 bits per heavy atom. The van der Waals surface area contributed by atoms with Crippen LogP contribution in [0, 0.1) is 5.82 Å². The van der Waals surface area contributed by atoms with Crippen LogP contribution in [0.4, 0.5) is 15.8 Å². The van der Waals surface area contributed by atoms with Crippen molar-refractivity contribution in [2.24, 2.45) is 0 Å². The lowest BCUT2D eigenvalue weighted by atomic mass is 9.87. The average Bonchev–Trinajstić information content (AvgIpc) is 2.55. The minimum Gasteiger partial charge on any atom is -0.326 e. The van der Waals surface area contributed by atoms with Crippen molar-refractivity contribution in [3.63, 3.8) is 0 Å². The number of amides is 2. The van der Waals surface area contributed by atoms with Gasteiger partial charge in [0.1, 0.15) is 5.82 Å². The zero-order valence-corrected chi connectivity index (χ0v) is 16.2. The monoisotopic (exact) mass is 374 g/mol. The number of halogens is 1. The van der Waals surface area contributed by atoms with Gasteiger partial charge in [0.2, 0.25) is 11.8 Å². The maximum Gasteiger partial charge on any atom is 0.234 e. The van der Waals surface area contributed by atoms with Gasteiger partial charge in [0.25, 0.3) is 0 Å². The summed E-state index contributed by atoms with van der Waals surface area (Å²) >= 11 is 1.38. The predicted molar refractivity (Wildman–Crippen MR) is 105 cm³/mol. The SMILES string of the molecule is CC(=O)Nc1ccc(F)c(NC(=O)CSc2ccc(C(C)(C)C)cc2)c1. The first-order valence-corrected chi connectivity index (χ1v) is 9.24. The molecule has 0 unspecified atom stereocenters. The van der Waals surface area contributed by atoms with Gasteiger partial charge in [0.15, 0.2) is 0 Å². The highest BCUT2D eigenvalue weighted by Crippen LogP contribution is 2.26. The Bertz CT molecular complexity index is 798. The molecule has 26 heavy (non-hydrogen) atoms. The van der Waals surface area contributed by atoms with Crippen molar-refractivity contribution >= 4 is 35.0 Å². The largest absolute Gasteiger partial charge is 0.326 e. The van der Waals surface area contributed by atoms with Crippen LogP contribution in [-0.2, 0) is 15.0 Å². The fourth-order valence-corrected chi connectivity index (χ4v) is 2.99. The number of hydrogen-bond acceptors (Lipinski definition) is 3. The Labute approximate surface area is 157 Å². The van der Waals surface area contributed by atoms with Gasteiger partial charge in [0.05, 0.1) is 11.4 Å². The van der Waals surface area contributed by atoms with E-state index in [0.29, 0.717) is 5.69 Å². The number of carbonyl (C=O) groups is 2. The summed E-state index contributed by atoms with van der Waals surface area (Å²) in [5, 5.41) is 5.10. The van der Waals surface area contributed by atoms with Crippen LogP contribution in [0.5, 0.6) is 0 Å². The fourth-order valence-electron chi connectivity index (χ4n) is 2.29. The van der Waals surface area contributed by atoms with Gasteiger partial charge in [-0.3, -0.25) is 9.59 Å². The summed E-state index contributed by atoms with van der Waals surface area (Å²) in [5.41, 5.74) is 1.78. The molecule has 0 saturated heterocycles. The van der Waals surface area contributed by atoms with Gasteiger partial charge in [-0.1, -0.05) is 32.9 Å². The molecule has 2 amide bonds. The number of benzene rings is 2. The molecule has 0 aliphatic rings. The first kappa shape index (κ1) is 20.0. The maximum absolute atomic E-state index is 13.9. The molecule has 2 aromatic carbocycles. The van der Waals surface area contributed by atoms with Crippen molar-refractivity contribution < 1.29 is 14.0 Å². The van der Waals surface area contributed by atoms with Crippen molar-refractivity contribution in [3.05, 3.63) is 53.8 Å². The fraction of sp³-hybridized carbons (Fsp3) is 0.300. The molecule has 6 heteroatoms. The Morgan fingerprint density at radius 3 is 2.27 bits per heavy atom. The van der Waals surface area contributed by atoms with E-state index in [1.807, 2.05) is 12.1 Å². The van der Waals surface area contributed by atoms with Crippen molar-refractivity contribution in [3.8, 4) is 0 Å². The molecule has 0 spiro atoms. The lowest BCUT2D eigenvalue weighted by Crippen LogP contribution is -2.15. The molecule has 0 fully saturated rings. The first-order valence-electron chi connectivity index (χ1n) is 8.25. The highest BCUT2D eigenvalue weighted by molar-refractivity contribution is 8.00. The summed E-state index contributed by atoms with van der Waals surface area (Å²) in [5.74, 6) is -0.956. The van der Waals surface area contributed by atoms with E-state index in [1.54, 1.807) is 0 Å². The minimum absolute atomic E-state index is 0.0462. The molecule has 2 aromatic rings. The van der Waals surface area contributed by atoms with Gasteiger partial charge in [-0.15, -0.1) is 11.8 Å². The van der Waals surface area contributed by atoms with Gasteiger partial charge in [-0.05, 0) is 41.3 Å². The Morgan fingerprint density at radius 2 is 1.69 bits per heavy atom. The minimum atomic E-state index is -0.549. The number of thioether (sulfide) groups is 1. The van der Waals surface area contributed by atoms with Crippen molar-refractivity contribution in [1.29, 1.82) is 0 Å². The van der Waals surface area contributed by atoms with E-state index in [4.69, 9.17) is 0 Å².